The highest BCUT2D eigenvalue weighted by Crippen LogP contribution is 2.37. The number of nitrogens with one attached hydrogen (secondary N) is 1. The lowest BCUT2D eigenvalue weighted by atomic mass is 9.94. The topological polar surface area (TPSA) is 96.6 Å². The third-order valence-corrected chi connectivity index (χ3v) is 5.40. The molecule has 0 saturated carbocycles. The summed E-state index contributed by atoms with van der Waals surface area (Å²) in [5, 5.41) is 32.8. The molecule has 2 aromatic rings. The van der Waals surface area contributed by atoms with Crippen molar-refractivity contribution in [2.75, 3.05) is 31.1 Å². The summed E-state index contributed by atoms with van der Waals surface area (Å²) in [6, 6.07) is 14.2. The van der Waals surface area contributed by atoms with Crippen LogP contribution in [0, 0.1) is 11.3 Å². The van der Waals surface area contributed by atoms with Crippen molar-refractivity contribution in [2.45, 2.75) is 32.3 Å². The van der Waals surface area contributed by atoms with Crippen LogP contribution in [0.3, 0.4) is 0 Å². The second-order valence-electron chi connectivity index (χ2n) is 7.39. The fourth-order valence-electron chi connectivity index (χ4n) is 3.82. The summed E-state index contributed by atoms with van der Waals surface area (Å²) in [4.78, 5) is 14.9. The largest absolute Gasteiger partial charge is 0.394 e. The lowest BCUT2D eigenvalue weighted by Gasteiger charge is -2.32. The van der Waals surface area contributed by atoms with E-state index in [1.165, 1.54) is 6.42 Å². The smallest absolute Gasteiger partial charge is 0.262 e. The molecule has 6 nitrogen and oxygen atoms in total. The highest BCUT2D eigenvalue weighted by molar-refractivity contribution is 6.08. The number of amides is 1. The van der Waals surface area contributed by atoms with E-state index in [-0.39, 0.29) is 12.1 Å². The number of piperidine rings is 1. The average Bonchev–Trinajstić information content (AvgIpc) is 2.77. The molecule has 6 heteroatoms. The van der Waals surface area contributed by atoms with Crippen LogP contribution in [0.1, 0.15) is 31.7 Å². The Morgan fingerprint density at radius 1 is 1.21 bits per heavy atom. The van der Waals surface area contributed by atoms with Gasteiger partial charge in [-0.15, -0.1) is 0 Å². The predicted octanol–water partition coefficient (Wildman–Crippen LogP) is 2.60. The normalized spacial score (nSPS) is 16.1. The molecule has 1 unspecified atom stereocenters. The van der Waals surface area contributed by atoms with Crippen molar-refractivity contribution in [2.24, 2.45) is 0 Å². The summed E-state index contributed by atoms with van der Waals surface area (Å²) >= 11 is 0. The molecular weight excluding hydrogens is 366 g/mol. The highest BCUT2D eigenvalue weighted by Gasteiger charge is 2.22. The van der Waals surface area contributed by atoms with Gasteiger partial charge in [0.05, 0.1) is 18.4 Å². The van der Waals surface area contributed by atoms with Crippen LogP contribution in [-0.2, 0) is 4.79 Å². The van der Waals surface area contributed by atoms with Gasteiger partial charge in [0.2, 0.25) is 0 Å². The number of hydrogen-bond acceptors (Lipinski definition) is 5. The Hall–Kier alpha value is -2.88. The first-order valence-corrected chi connectivity index (χ1v) is 10.0. The molecule has 1 atom stereocenters. The minimum atomic E-state index is -1.05. The number of aliphatic hydroxyl groups excluding tert-OH is 2. The second-order valence-corrected chi connectivity index (χ2v) is 7.39. The first kappa shape index (κ1) is 20.8. The predicted molar refractivity (Wildman–Crippen MR) is 114 cm³/mol. The average molecular weight is 393 g/mol. The van der Waals surface area contributed by atoms with Crippen molar-refractivity contribution >= 4 is 27.9 Å². The number of aliphatic hydroxyl groups is 2. The van der Waals surface area contributed by atoms with Crippen LogP contribution in [0.25, 0.3) is 16.3 Å². The number of rotatable bonds is 6. The molecule has 2 aromatic carbocycles. The second kappa shape index (κ2) is 9.55. The van der Waals surface area contributed by atoms with Gasteiger partial charge in [0.25, 0.3) is 5.91 Å². The maximum atomic E-state index is 12.6. The Kier molecular flexibility index (Phi) is 6.86. The molecule has 0 bridgehead atoms. The third kappa shape index (κ3) is 4.58. The highest BCUT2D eigenvalue weighted by atomic mass is 16.3. The molecule has 1 amide bonds. The Morgan fingerprint density at radius 3 is 2.62 bits per heavy atom. The quantitative estimate of drug-likeness (QED) is 0.518. The van der Waals surface area contributed by atoms with Crippen molar-refractivity contribution in [3.05, 3.63) is 47.5 Å². The molecule has 1 aliphatic heterocycles. The molecule has 1 heterocycles. The van der Waals surface area contributed by atoms with Crippen LogP contribution < -0.4 is 10.2 Å². The van der Waals surface area contributed by atoms with E-state index >= 15 is 0 Å². The maximum absolute atomic E-state index is 12.6. The van der Waals surface area contributed by atoms with Crippen LogP contribution in [0.15, 0.2) is 42.0 Å². The van der Waals surface area contributed by atoms with E-state index in [9.17, 15) is 15.2 Å². The van der Waals surface area contributed by atoms with Crippen LogP contribution in [0.5, 0.6) is 0 Å². The first-order valence-electron chi connectivity index (χ1n) is 10.0. The van der Waals surface area contributed by atoms with Crippen molar-refractivity contribution in [1.29, 1.82) is 5.26 Å². The number of fused-ring (bicyclic) bond motifs is 1. The van der Waals surface area contributed by atoms with E-state index in [1.807, 2.05) is 30.3 Å². The molecule has 3 N–H and O–H groups in total. The van der Waals surface area contributed by atoms with Gasteiger partial charge in [-0.1, -0.05) is 36.4 Å². The van der Waals surface area contributed by atoms with Crippen LogP contribution in [0.2, 0.25) is 0 Å². The molecule has 152 valence electrons. The molecular formula is C23H27N3O3. The summed E-state index contributed by atoms with van der Waals surface area (Å²) in [7, 11) is 0. The van der Waals surface area contributed by atoms with E-state index in [0.29, 0.717) is 5.57 Å². The molecule has 0 spiro atoms. The summed E-state index contributed by atoms with van der Waals surface area (Å²) < 4.78 is 0. The Labute approximate surface area is 171 Å². The minimum Gasteiger partial charge on any atom is -0.394 e. The van der Waals surface area contributed by atoms with E-state index in [2.05, 4.69) is 22.3 Å². The summed E-state index contributed by atoms with van der Waals surface area (Å²) in [6.45, 7) is 3.13. The number of carbonyl (C=O) groups is 1. The minimum absolute atomic E-state index is 0.0173. The van der Waals surface area contributed by atoms with Gasteiger partial charge in [0.1, 0.15) is 11.6 Å². The van der Waals surface area contributed by atoms with Crippen molar-refractivity contribution in [3.8, 4) is 6.07 Å². The fraction of sp³-hybridized carbons (Fsp3) is 0.391. The molecule has 1 aliphatic rings. The monoisotopic (exact) mass is 393 g/mol. The molecule has 3 rings (SSSR count). The van der Waals surface area contributed by atoms with Gasteiger partial charge < -0.3 is 20.4 Å². The molecule has 0 aliphatic carbocycles. The van der Waals surface area contributed by atoms with Crippen LogP contribution in [-0.4, -0.2) is 48.5 Å². The van der Waals surface area contributed by atoms with Gasteiger partial charge in [0, 0.05) is 30.6 Å². The lowest BCUT2D eigenvalue weighted by molar-refractivity contribution is -0.117. The summed E-state index contributed by atoms with van der Waals surface area (Å²) in [5.41, 5.74) is 2.56. The number of benzene rings is 2. The molecule has 29 heavy (non-hydrogen) atoms. The lowest BCUT2D eigenvalue weighted by Crippen LogP contribution is -2.35. The standard InChI is InChI=1S/C23H27N3O3/c1-16(21(13-24)23(29)25-14-18(28)15-27)19-10-9-17-7-3-4-8-20(17)22(19)26-11-5-2-6-12-26/h3-4,7-10,18,27-28H,2,5-6,11-12,14-15H2,1H3,(H,25,29)/b21-16+. The van der Waals surface area contributed by atoms with Gasteiger partial charge >= 0.3 is 0 Å². The molecule has 0 radical (unpaired) electrons. The number of carbonyl (C=O) groups excluding carboxylic acids is 1. The van der Waals surface area contributed by atoms with Gasteiger partial charge in [-0.2, -0.15) is 5.26 Å². The number of nitrogens with zero attached hydrogens (tertiary/aromatic N) is 2. The van der Waals surface area contributed by atoms with Gasteiger partial charge in [-0.3, -0.25) is 4.79 Å². The zero-order valence-corrected chi connectivity index (χ0v) is 16.7. The Balaban J connectivity index is 2.08. The van der Waals surface area contributed by atoms with Crippen molar-refractivity contribution < 1.29 is 15.0 Å². The van der Waals surface area contributed by atoms with E-state index in [1.54, 1.807) is 6.92 Å². The van der Waals surface area contributed by atoms with E-state index < -0.39 is 18.6 Å². The SMILES string of the molecule is C/C(=C(/C#N)C(=O)NCC(O)CO)c1ccc2ccccc2c1N1CCCCC1. The number of allylic oxidation sites excluding steroid dienone is 1. The van der Waals surface area contributed by atoms with Gasteiger partial charge in [-0.05, 0) is 37.1 Å². The zero-order chi connectivity index (χ0) is 20.8. The summed E-state index contributed by atoms with van der Waals surface area (Å²) in [6.07, 6.45) is 2.40. The molecule has 1 saturated heterocycles. The van der Waals surface area contributed by atoms with E-state index in [0.717, 1.165) is 48.0 Å². The first-order chi connectivity index (χ1) is 14.1. The van der Waals surface area contributed by atoms with E-state index in [4.69, 9.17) is 5.11 Å². The van der Waals surface area contributed by atoms with Crippen LogP contribution >= 0.6 is 0 Å². The van der Waals surface area contributed by atoms with Gasteiger partial charge in [-0.25, -0.2) is 0 Å². The maximum Gasteiger partial charge on any atom is 0.262 e. The van der Waals surface area contributed by atoms with Gasteiger partial charge in [0.15, 0.2) is 0 Å². The fourth-order valence-corrected chi connectivity index (χ4v) is 3.82. The zero-order valence-electron chi connectivity index (χ0n) is 16.7. The number of nitriles is 1. The van der Waals surface area contributed by atoms with Crippen molar-refractivity contribution in [1.82, 2.24) is 5.32 Å². The summed E-state index contributed by atoms with van der Waals surface area (Å²) in [5.74, 6) is -0.546. The third-order valence-electron chi connectivity index (χ3n) is 5.40. The Morgan fingerprint density at radius 2 is 1.93 bits per heavy atom. The Bertz CT molecular complexity index is 955. The van der Waals surface area contributed by atoms with Crippen molar-refractivity contribution in [3.63, 3.8) is 0 Å². The van der Waals surface area contributed by atoms with Crippen LogP contribution in [0.4, 0.5) is 5.69 Å². The molecule has 1 fully saturated rings. The number of anilines is 1. The number of hydrogen-bond donors (Lipinski definition) is 3. The molecule has 0 aromatic heterocycles.